The Kier molecular flexibility index (Phi) is 5.87. The number of hydrogen-bond acceptors (Lipinski definition) is 2. The predicted octanol–water partition coefficient (Wildman–Crippen LogP) is 1.97. The molecule has 1 aliphatic heterocycles. The molecule has 1 heterocycles. The van der Waals surface area contributed by atoms with Gasteiger partial charge in [-0.05, 0) is 31.7 Å². The lowest BCUT2D eigenvalue weighted by atomic mass is 10.00. The standard InChI is InChI=1S/C11H21NO/c1-2-7-12-8-3-4-11-5-9-13-10-6-11/h3-4,11-12H,2,5-10H2,1H3. The largest absolute Gasteiger partial charge is 0.381 e. The van der Waals surface area contributed by atoms with Crippen LogP contribution in [0.3, 0.4) is 0 Å². The average molecular weight is 183 g/mol. The third-order valence-electron chi connectivity index (χ3n) is 2.36. The molecule has 1 saturated heterocycles. The second-order valence-corrected chi connectivity index (χ2v) is 3.58. The van der Waals surface area contributed by atoms with E-state index in [1.165, 1.54) is 19.3 Å². The molecular formula is C11H21NO. The molecule has 0 aliphatic carbocycles. The van der Waals surface area contributed by atoms with Crippen molar-refractivity contribution in [3.63, 3.8) is 0 Å². The first-order chi connectivity index (χ1) is 6.43. The average Bonchev–Trinajstić information content (AvgIpc) is 2.19. The van der Waals surface area contributed by atoms with Gasteiger partial charge in [-0.3, -0.25) is 0 Å². The zero-order valence-electron chi connectivity index (χ0n) is 8.59. The van der Waals surface area contributed by atoms with E-state index in [9.17, 15) is 0 Å². The van der Waals surface area contributed by atoms with Crippen molar-refractivity contribution in [2.24, 2.45) is 5.92 Å². The van der Waals surface area contributed by atoms with E-state index in [1.54, 1.807) is 0 Å². The quantitative estimate of drug-likeness (QED) is 0.520. The van der Waals surface area contributed by atoms with Crippen LogP contribution in [-0.2, 0) is 4.74 Å². The van der Waals surface area contributed by atoms with E-state index in [-0.39, 0.29) is 0 Å². The van der Waals surface area contributed by atoms with Gasteiger partial charge in [0, 0.05) is 19.8 Å². The van der Waals surface area contributed by atoms with Gasteiger partial charge in [0.15, 0.2) is 0 Å². The van der Waals surface area contributed by atoms with Crippen molar-refractivity contribution in [1.82, 2.24) is 5.32 Å². The van der Waals surface area contributed by atoms with Crippen LogP contribution >= 0.6 is 0 Å². The van der Waals surface area contributed by atoms with Crippen molar-refractivity contribution in [1.29, 1.82) is 0 Å². The van der Waals surface area contributed by atoms with Crippen LogP contribution in [0.15, 0.2) is 12.2 Å². The van der Waals surface area contributed by atoms with Gasteiger partial charge in [0.05, 0.1) is 0 Å². The maximum atomic E-state index is 5.30. The smallest absolute Gasteiger partial charge is 0.0471 e. The number of rotatable bonds is 5. The Morgan fingerprint density at radius 2 is 2.15 bits per heavy atom. The Balaban J connectivity index is 2.01. The number of allylic oxidation sites excluding steroid dienone is 1. The molecule has 0 amide bonds. The highest BCUT2D eigenvalue weighted by Crippen LogP contribution is 2.15. The first-order valence-corrected chi connectivity index (χ1v) is 5.38. The highest BCUT2D eigenvalue weighted by atomic mass is 16.5. The van der Waals surface area contributed by atoms with E-state index in [0.29, 0.717) is 0 Å². The second kappa shape index (κ2) is 7.10. The van der Waals surface area contributed by atoms with Gasteiger partial charge < -0.3 is 10.1 Å². The molecule has 0 aromatic heterocycles. The topological polar surface area (TPSA) is 21.3 Å². The molecule has 0 aromatic carbocycles. The lowest BCUT2D eigenvalue weighted by Crippen LogP contribution is -2.16. The zero-order valence-corrected chi connectivity index (χ0v) is 8.59. The lowest BCUT2D eigenvalue weighted by Gasteiger charge is -2.18. The maximum absolute atomic E-state index is 5.30. The molecule has 1 N–H and O–H groups in total. The fourth-order valence-corrected chi connectivity index (χ4v) is 1.53. The van der Waals surface area contributed by atoms with Crippen LogP contribution in [-0.4, -0.2) is 26.3 Å². The first-order valence-electron chi connectivity index (χ1n) is 5.38. The highest BCUT2D eigenvalue weighted by Gasteiger charge is 2.09. The Labute approximate surface area is 81.4 Å². The molecule has 2 heteroatoms. The van der Waals surface area contributed by atoms with Crippen molar-refractivity contribution in [2.45, 2.75) is 26.2 Å². The van der Waals surface area contributed by atoms with Crippen molar-refractivity contribution in [3.8, 4) is 0 Å². The van der Waals surface area contributed by atoms with Gasteiger partial charge in [0.2, 0.25) is 0 Å². The van der Waals surface area contributed by atoms with Crippen LogP contribution in [0.5, 0.6) is 0 Å². The van der Waals surface area contributed by atoms with Crippen LogP contribution in [0.4, 0.5) is 0 Å². The van der Waals surface area contributed by atoms with E-state index < -0.39 is 0 Å². The van der Waals surface area contributed by atoms with Crippen molar-refractivity contribution < 1.29 is 4.74 Å². The first kappa shape index (κ1) is 10.7. The summed E-state index contributed by atoms with van der Waals surface area (Å²) in [5.41, 5.74) is 0. The zero-order chi connectivity index (χ0) is 9.36. The van der Waals surface area contributed by atoms with E-state index in [4.69, 9.17) is 4.74 Å². The summed E-state index contributed by atoms with van der Waals surface area (Å²) in [7, 11) is 0. The van der Waals surface area contributed by atoms with Crippen LogP contribution in [0.1, 0.15) is 26.2 Å². The molecule has 0 aromatic rings. The SMILES string of the molecule is CCCNCC=CC1CCOCC1. The summed E-state index contributed by atoms with van der Waals surface area (Å²) in [5.74, 6) is 0.761. The minimum absolute atomic E-state index is 0.761. The molecule has 1 aliphatic rings. The van der Waals surface area contributed by atoms with E-state index in [0.717, 1.165) is 32.2 Å². The van der Waals surface area contributed by atoms with Crippen LogP contribution in [0.2, 0.25) is 0 Å². The summed E-state index contributed by atoms with van der Waals surface area (Å²) in [6, 6.07) is 0. The number of nitrogens with one attached hydrogen (secondary N) is 1. The summed E-state index contributed by atoms with van der Waals surface area (Å²) in [5, 5.41) is 3.36. The Bertz CT molecular complexity index is 139. The lowest BCUT2D eigenvalue weighted by molar-refractivity contribution is 0.0785. The molecule has 13 heavy (non-hydrogen) atoms. The molecule has 0 spiro atoms. The van der Waals surface area contributed by atoms with Gasteiger partial charge in [0.25, 0.3) is 0 Å². The van der Waals surface area contributed by atoms with Crippen LogP contribution in [0, 0.1) is 5.92 Å². The van der Waals surface area contributed by atoms with Crippen LogP contribution in [0.25, 0.3) is 0 Å². The minimum Gasteiger partial charge on any atom is -0.381 e. The summed E-state index contributed by atoms with van der Waals surface area (Å²) < 4.78 is 5.30. The van der Waals surface area contributed by atoms with Gasteiger partial charge in [-0.25, -0.2) is 0 Å². The Hall–Kier alpha value is -0.340. The predicted molar refractivity (Wildman–Crippen MR) is 55.8 cm³/mol. The number of hydrogen-bond donors (Lipinski definition) is 1. The third-order valence-corrected chi connectivity index (χ3v) is 2.36. The van der Waals surface area contributed by atoms with Gasteiger partial charge in [-0.1, -0.05) is 19.1 Å². The van der Waals surface area contributed by atoms with Gasteiger partial charge in [-0.2, -0.15) is 0 Å². The second-order valence-electron chi connectivity index (χ2n) is 3.58. The molecule has 1 fully saturated rings. The van der Waals surface area contributed by atoms with Gasteiger partial charge in [-0.15, -0.1) is 0 Å². The maximum Gasteiger partial charge on any atom is 0.0471 e. The van der Waals surface area contributed by atoms with Gasteiger partial charge in [0.1, 0.15) is 0 Å². The molecule has 76 valence electrons. The van der Waals surface area contributed by atoms with E-state index >= 15 is 0 Å². The minimum atomic E-state index is 0.761. The van der Waals surface area contributed by atoms with Crippen LogP contribution < -0.4 is 5.32 Å². The Morgan fingerprint density at radius 1 is 1.38 bits per heavy atom. The normalized spacial score (nSPS) is 19.8. The highest BCUT2D eigenvalue weighted by molar-refractivity contribution is 4.90. The molecule has 0 bridgehead atoms. The molecule has 0 saturated carbocycles. The van der Waals surface area contributed by atoms with Crippen molar-refractivity contribution in [2.75, 3.05) is 26.3 Å². The summed E-state index contributed by atoms with van der Waals surface area (Å²) in [6.07, 6.45) is 8.20. The molecule has 2 nitrogen and oxygen atoms in total. The molecule has 0 atom stereocenters. The fraction of sp³-hybridized carbons (Fsp3) is 0.818. The molecule has 1 rings (SSSR count). The van der Waals surface area contributed by atoms with Crippen molar-refractivity contribution in [3.05, 3.63) is 12.2 Å². The molecule has 0 radical (unpaired) electrons. The van der Waals surface area contributed by atoms with Crippen molar-refractivity contribution >= 4 is 0 Å². The monoisotopic (exact) mass is 183 g/mol. The molecular weight excluding hydrogens is 162 g/mol. The van der Waals surface area contributed by atoms with E-state index in [1.807, 2.05) is 0 Å². The summed E-state index contributed by atoms with van der Waals surface area (Å²) in [4.78, 5) is 0. The van der Waals surface area contributed by atoms with Gasteiger partial charge >= 0.3 is 0 Å². The third kappa shape index (κ3) is 5.06. The summed E-state index contributed by atoms with van der Waals surface area (Å²) in [6.45, 7) is 6.22. The van der Waals surface area contributed by atoms with E-state index in [2.05, 4.69) is 24.4 Å². The fourth-order valence-electron chi connectivity index (χ4n) is 1.53. The Morgan fingerprint density at radius 3 is 2.85 bits per heavy atom. The summed E-state index contributed by atoms with van der Waals surface area (Å²) >= 11 is 0. The number of ether oxygens (including phenoxy) is 1. The molecule has 0 unspecified atom stereocenters.